The molecule has 0 aromatic carbocycles. The van der Waals surface area contributed by atoms with Crippen molar-refractivity contribution in [2.24, 2.45) is 0 Å². The van der Waals surface area contributed by atoms with E-state index in [1.807, 2.05) is 0 Å². The molecule has 0 saturated heterocycles. The molecular weight excluding hydrogens is 310 g/mol. The number of H-pyrrole nitrogens is 1. The van der Waals surface area contributed by atoms with Crippen LogP contribution in [0.2, 0.25) is 0 Å². The van der Waals surface area contributed by atoms with Crippen molar-refractivity contribution < 1.29 is 0 Å². The molecule has 0 aliphatic carbocycles. The molecule has 0 aliphatic heterocycles. The third-order valence-electron chi connectivity index (χ3n) is 2.49. The van der Waals surface area contributed by atoms with Gasteiger partial charge in [0.15, 0.2) is 0 Å². The highest BCUT2D eigenvalue weighted by atomic mass is 79.9. The summed E-state index contributed by atoms with van der Waals surface area (Å²) in [5.41, 5.74) is 1.43. The summed E-state index contributed by atoms with van der Waals surface area (Å²) in [6.07, 6.45) is 10.9. The fourth-order valence-electron chi connectivity index (χ4n) is 1.54. The zero-order valence-corrected chi connectivity index (χ0v) is 11.6. The highest BCUT2D eigenvalue weighted by Gasteiger charge is 2.07. The minimum Gasteiger partial charge on any atom is -0.382 e. The largest absolute Gasteiger partial charge is 0.382 e. The van der Waals surface area contributed by atoms with Crippen LogP contribution in [0, 0.1) is 12.3 Å². The van der Waals surface area contributed by atoms with Crippen LogP contribution in [0.5, 0.6) is 0 Å². The van der Waals surface area contributed by atoms with E-state index < -0.39 is 0 Å². The van der Waals surface area contributed by atoms with Crippen LogP contribution >= 0.6 is 15.9 Å². The van der Waals surface area contributed by atoms with Crippen molar-refractivity contribution in [2.45, 2.75) is 13.0 Å². The van der Waals surface area contributed by atoms with Gasteiger partial charge in [0.1, 0.15) is 11.0 Å². The molecule has 98 valence electrons. The lowest BCUT2D eigenvalue weighted by atomic mass is 10.3. The number of halogens is 1. The number of aromatic amines is 1. The van der Waals surface area contributed by atoms with Gasteiger partial charge >= 0.3 is 0 Å². The SMILES string of the molecule is C#CCn1ncc(NCCc2cnc[nH]2)c(Br)c1=O. The second kappa shape index (κ2) is 6.20. The van der Waals surface area contributed by atoms with Gasteiger partial charge in [-0.05, 0) is 15.9 Å². The van der Waals surface area contributed by atoms with Crippen molar-refractivity contribution >= 4 is 21.6 Å². The van der Waals surface area contributed by atoms with Crippen LogP contribution in [0.3, 0.4) is 0 Å². The maximum atomic E-state index is 11.9. The van der Waals surface area contributed by atoms with E-state index in [4.69, 9.17) is 6.42 Å². The minimum atomic E-state index is -0.246. The molecular formula is C12H12BrN5O. The van der Waals surface area contributed by atoms with Gasteiger partial charge in [0, 0.05) is 24.9 Å². The monoisotopic (exact) mass is 321 g/mol. The molecule has 0 atom stereocenters. The smallest absolute Gasteiger partial charge is 0.284 e. The van der Waals surface area contributed by atoms with Crippen molar-refractivity contribution in [3.8, 4) is 12.3 Å². The zero-order chi connectivity index (χ0) is 13.7. The lowest BCUT2D eigenvalue weighted by Gasteiger charge is -2.08. The molecule has 0 fully saturated rings. The highest BCUT2D eigenvalue weighted by molar-refractivity contribution is 9.10. The number of nitrogens with one attached hydrogen (secondary N) is 2. The predicted octanol–water partition coefficient (Wildman–Crippen LogP) is 1.02. The van der Waals surface area contributed by atoms with Crippen molar-refractivity contribution in [2.75, 3.05) is 11.9 Å². The van der Waals surface area contributed by atoms with Crippen molar-refractivity contribution in [1.29, 1.82) is 0 Å². The van der Waals surface area contributed by atoms with Gasteiger partial charge in [-0.2, -0.15) is 5.10 Å². The second-order valence-electron chi connectivity index (χ2n) is 3.79. The molecule has 0 saturated carbocycles. The van der Waals surface area contributed by atoms with Gasteiger partial charge in [-0.1, -0.05) is 5.92 Å². The Morgan fingerprint density at radius 3 is 3.05 bits per heavy atom. The van der Waals surface area contributed by atoms with E-state index in [2.05, 4.69) is 42.2 Å². The molecule has 2 aromatic rings. The van der Waals surface area contributed by atoms with Crippen LogP contribution < -0.4 is 10.9 Å². The topological polar surface area (TPSA) is 75.6 Å². The van der Waals surface area contributed by atoms with E-state index >= 15 is 0 Å². The fourth-order valence-corrected chi connectivity index (χ4v) is 1.99. The van der Waals surface area contributed by atoms with Crippen LogP contribution in [-0.4, -0.2) is 26.3 Å². The summed E-state index contributed by atoms with van der Waals surface area (Å²) in [5, 5.41) is 7.13. The van der Waals surface area contributed by atoms with Gasteiger partial charge < -0.3 is 10.3 Å². The minimum absolute atomic E-state index is 0.159. The van der Waals surface area contributed by atoms with E-state index in [1.165, 1.54) is 4.68 Å². The maximum absolute atomic E-state index is 11.9. The first-order valence-electron chi connectivity index (χ1n) is 5.62. The summed E-state index contributed by atoms with van der Waals surface area (Å²) >= 11 is 3.26. The molecule has 2 rings (SSSR count). The molecule has 0 unspecified atom stereocenters. The van der Waals surface area contributed by atoms with E-state index in [-0.39, 0.29) is 12.1 Å². The Bertz CT molecular complexity index is 641. The third kappa shape index (κ3) is 3.23. The van der Waals surface area contributed by atoms with Gasteiger partial charge in [0.25, 0.3) is 5.56 Å². The van der Waals surface area contributed by atoms with Gasteiger partial charge in [0.2, 0.25) is 0 Å². The standard InChI is InChI=1S/C12H12BrN5O/c1-2-5-18-12(19)11(13)10(7-17-18)15-4-3-9-6-14-8-16-9/h1,6-8,15H,3-5H2,(H,14,16). The van der Waals surface area contributed by atoms with Crippen LogP contribution in [0.15, 0.2) is 28.0 Å². The number of anilines is 1. The van der Waals surface area contributed by atoms with Gasteiger partial charge in [-0.15, -0.1) is 6.42 Å². The number of imidazole rings is 1. The highest BCUT2D eigenvalue weighted by Crippen LogP contribution is 2.15. The number of terminal acetylenes is 1. The maximum Gasteiger partial charge on any atom is 0.284 e. The summed E-state index contributed by atoms with van der Waals surface area (Å²) in [6.45, 7) is 0.826. The quantitative estimate of drug-likeness (QED) is 0.806. The van der Waals surface area contributed by atoms with Crippen molar-refractivity contribution in [3.05, 3.63) is 39.2 Å². The van der Waals surface area contributed by atoms with Crippen LogP contribution in [-0.2, 0) is 13.0 Å². The molecule has 7 heteroatoms. The van der Waals surface area contributed by atoms with E-state index in [0.29, 0.717) is 16.7 Å². The first-order valence-corrected chi connectivity index (χ1v) is 6.42. The Kier molecular flexibility index (Phi) is 4.36. The third-order valence-corrected chi connectivity index (χ3v) is 3.26. The Hall–Kier alpha value is -2.07. The zero-order valence-electron chi connectivity index (χ0n) is 10.1. The molecule has 0 bridgehead atoms. The Labute approximate surface area is 118 Å². The molecule has 6 nitrogen and oxygen atoms in total. The van der Waals surface area contributed by atoms with E-state index in [9.17, 15) is 4.79 Å². The molecule has 0 radical (unpaired) electrons. The molecule has 2 aromatic heterocycles. The van der Waals surface area contributed by atoms with Gasteiger partial charge in [-0.3, -0.25) is 4.79 Å². The fraction of sp³-hybridized carbons (Fsp3) is 0.250. The van der Waals surface area contributed by atoms with Crippen molar-refractivity contribution in [3.63, 3.8) is 0 Å². The Morgan fingerprint density at radius 1 is 1.53 bits per heavy atom. The summed E-state index contributed by atoms with van der Waals surface area (Å²) in [6, 6.07) is 0. The summed E-state index contributed by atoms with van der Waals surface area (Å²) in [7, 11) is 0. The average molecular weight is 322 g/mol. The lowest BCUT2D eigenvalue weighted by molar-refractivity contribution is 0.659. The van der Waals surface area contributed by atoms with E-state index in [0.717, 1.165) is 12.1 Å². The first kappa shape index (κ1) is 13.4. The van der Waals surface area contributed by atoms with Crippen LogP contribution in [0.25, 0.3) is 0 Å². The second-order valence-corrected chi connectivity index (χ2v) is 4.59. The summed E-state index contributed by atoms with van der Waals surface area (Å²) in [4.78, 5) is 18.8. The van der Waals surface area contributed by atoms with Gasteiger partial charge in [-0.25, -0.2) is 9.67 Å². The van der Waals surface area contributed by atoms with Gasteiger partial charge in [0.05, 0.1) is 18.2 Å². The Balaban J connectivity index is 2.03. The molecule has 2 N–H and O–H groups in total. The first-order chi connectivity index (χ1) is 9.22. The number of hydrogen-bond donors (Lipinski definition) is 2. The molecule has 19 heavy (non-hydrogen) atoms. The van der Waals surface area contributed by atoms with Crippen LogP contribution in [0.1, 0.15) is 5.69 Å². The number of aromatic nitrogens is 4. The normalized spacial score (nSPS) is 10.1. The molecule has 0 amide bonds. The Morgan fingerprint density at radius 2 is 2.37 bits per heavy atom. The molecule has 0 spiro atoms. The molecule has 0 aliphatic rings. The van der Waals surface area contributed by atoms with Crippen LogP contribution in [0.4, 0.5) is 5.69 Å². The average Bonchev–Trinajstić information content (AvgIpc) is 2.91. The number of hydrogen-bond acceptors (Lipinski definition) is 4. The number of nitrogens with zero attached hydrogens (tertiary/aromatic N) is 3. The molecule has 2 heterocycles. The number of rotatable bonds is 5. The predicted molar refractivity (Wildman–Crippen MR) is 75.8 cm³/mol. The summed E-state index contributed by atoms with van der Waals surface area (Å²) < 4.78 is 1.66. The lowest BCUT2D eigenvalue weighted by Crippen LogP contribution is -2.24. The van der Waals surface area contributed by atoms with E-state index in [1.54, 1.807) is 18.7 Å². The van der Waals surface area contributed by atoms with Crippen molar-refractivity contribution in [1.82, 2.24) is 19.7 Å². The summed E-state index contributed by atoms with van der Waals surface area (Å²) in [5.74, 6) is 2.38.